The molecular formula is C13H15N3O2. The van der Waals surface area contributed by atoms with Crippen molar-refractivity contribution in [2.24, 2.45) is 0 Å². The molecule has 0 atom stereocenters. The number of aliphatic hydroxyl groups excluding tert-OH is 1. The van der Waals surface area contributed by atoms with E-state index in [0.717, 1.165) is 24.1 Å². The van der Waals surface area contributed by atoms with Crippen LogP contribution in [0.3, 0.4) is 0 Å². The number of nitrogen functional groups attached to an aromatic ring is 1. The molecule has 2 aromatic rings. The van der Waals surface area contributed by atoms with E-state index in [4.69, 9.17) is 15.4 Å². The fraction of sp³-hybridized carbons (Fsp3) is 0.385. The number of hydrogen-bond acceptors (Lipinski definition) is 5. The van der Waals surface area contributed by atoms with Gasteiger partial charge in [0, 0.05) is 12.1 Å². The van der Waals surface area contributed by atoms with Crippen molar-refractivity contribution in [2.45, 2.75) is 24.7 Å². The smallest absolute Gasteiger partial charge is 0.237 e. The second-order valence-corrected chi connectivity index (χ2v) is 4.69. The molecule has 0 saturated heterocycles. The average Bonchev–Trinajstić information content (AvgIpc) is 3.05. The van der Waals surface area contributed by atoms with E-state index < -0.39 is 0 Å². The fourth-order valence-electron chi connectivity index (χ4n) is 2.20. The lowest BCUT2D eigenvalue weighted by Gasteiger charge is -2.10. The van der Waals surface area contributed by atoms with Crippen LogP contribution in [0.4, 0.5) is 5.69 Å². The summed E-state index contributed by atoms with van der Waals surface area (Å²) < 4.78 is 5.33. The lowest BCUT2D eigenvalue weighted by molar-refractivity contribution is 0.292. The highest BCUT2D eigenvalue weighted by molar-refractivity contribution is 5.45. The predicted molar refractivity (Wildman–Crippen MR) is 66.0 cm³/mol. The van der Waals surface area contributed by atoms with Gasteiger partial charge in [0.1, 0.15) is 0 Å². The molecule has 1 aromatic carbocycles. The first-order chi connectivity index (χ1) is 8.74. The summed E-state index contributed by atoms with van der Waals surface area (Å²) >= 11 is 0. The molecule has 1 saturated carbocycles. The van der Waals surface area contributed by atoms with Gasteiger partial charge in [-0.05, 0) is 30.5 Å². The summed E-state index contributed by atoms with van der Waals surface area (Å²) in [7, 11) is 0. The van der Waals surface area contributed by atoms with Crippen LogP contribution in [-0.4, -0.2) is 21.9 Å². The Hall–Kier alpha value is -1.88. The lowest BCUT2D eigenvalue weighted by Crippen LogP contribution is -2.09. The number of anilines is 1. The fourth-order valence-corrected chi connectivity index (χ4v) is 2.20. The number of hydrogen-bond donors (Lipinski definition) is 2. The van der Waals surface area contributed by atoms with E-state index in [9.17, 15) is 0 Å². The molecule has 5 heteroatoms. The Balaban J connectivity index is 1.91. The zero-order valence-electron chi connectivity index (χ0n) is 9.97. The summed E-state index contributed by atoms with van der Waals surface area (Å²) in [5.41, 5.74) is 7.48. The van der Waals surface area contributed by atoms with Gasteiger partial charge >= 0.3 is 0 Å². The van der Waals surface area contributed by atoms with Gasteiger partial charge in [0.15, 0.2) is 5.82 Å². The minimum atomic E-state index is -0.131. The Morgan fingerprint density at radius 2 is 2.00 bits per heavy atom. The summed E-state index contributed by atoms with van der Waals surface area (Å²) in [4.78, 5) is 4.36. The Bertz CT molecular complexity index is 544. The molecule has 3 rings (SSSR count). The van der Waals surface area contributed by atoms with E-state index in [1.54, 1.807) is 0 Å². The van der Waals surface area contributed by atoms with Crippen molar-refractivity contribution in [3.8, 4) is 0 Å². The SMILES string of the molecule is Nc1ccc(C2(c3nc(CCO)no3)CC2)cc1. The molecule has 1 heterocycles. The van der Waals surface area contributed by atoms with E-state index in [2.05, 4.69) is 10.1 Å². The standard InChI is InChI=1S/C13H15N3O2/c14-10-3-1-9(2-4-10)13(6-7-13)12-15-11(5-8-17)16-18-12/h1-4,17H,5-8,14H2. The largest absolute Gasteiger partial charge is 0.399 e. The van der Waals surface area contributed by atoms with Crippen LogP contribution in [-0.2, 0) is 11.8 Å². The van der Waals surface area contributed by atoms with Crippen LogP contribution in [0.2, 0.25) is 0 Å². The number of nitrogens with two attached hydrogens (primary N) is 1. The molecule has 1 aliphatic carbocycles. The zero-order valence-corrected chi connectivity index (χ0v) is 9.97. The molecule has 0 bridgehead atoms. The van der Waals surface area contributed by atoms with Gasteiger partial charge in [-0.25, -0.2) is 0 Å². The third kappa shape index (κ3) is 1.76. The van der Waals surface area contributed by atoms with Gasteiger partial charge in [-0.15, -0.1) is 0 Å². The second kappa shape index (κ2) is 4.10. The van der Waals surface area contributed by atoms with Gasteiger partial charge in [-0.3, -0.25) is 0 Å². The molecule has 18 heavy (non-hydrogen) atoms. The summed E-state index contributed by atoms with van der Waals surface area (Å²) in [5.74, 6) is 1.21. The molecule has 0 radical (unpaired) electrons. The van der Waals surface area contributed by atoms with E-state index in [0.29, 0.717) is 18.1 Å². The minimum absolute atomic E-state index is 0.0356. The number of aromatic nitrogens is 2. The maximum absolute atomic E-state index is 8.86. The number of nitrogens with zero attached hydrogens (tertiary/aromatic N) is 2. The maximum Gasteiger partial charge on any atom is 0.237 e. The van der Waals surface area contributed by atoms with Crippen LogP contribution in [0.5, 0.6) is 0 Å². The Morgan fingerprint density at radius 3 is 2.61 bits per heavy atom. The van der Waals surface area contributed by atoms with Crippen LogP contribution >= 0.6 is 0 Å². The van der Waals surface area contributed by atoms with E-state index in [1.807, 2.05) is 24.3 Å². The summed E-state index contributed by atoms with van der Waals surface area (Å²) in [5, 5.41) is 12.7. The third-order valence-electron chi connectivity index (χ3n) is 3.43. The molecule has 5 nitrogen and oxygen atoms in total. The molecule has 1 fully saturated rings. The maximum atomic E-state index is 8.86. The zero-order chi connectivity index (χ0) is 12.6. The summed E-state index contributed by atoms with van der Waals surface area (Å²) in [6, 6.07) is 7.80. The molecular weight excluding hydrogens is 230 g/mol. The Morgan fingerprint density at radius 1 is 1.28 bits per heavy atom. The first-order valence-corrected chi connectivity index (χ1v) is 6.04. The molecule has 3 N–H and O–H groups in total. The van der Waals surface area contributed by atoms with Gasteiger partial charge in [0.2, 0.25) is 5.89 Å². The van der Waals surface area contributed by atoms with Crippen molar-refractivity contribution < 1.29 is 9.63 Å². The van der Waals surface area contributed by atoms with Gasteiger partial charge in [-0.2, -0.15) is 4.98 Å². The van der Waals surface area contributed by atoms with Gasteiger partial charge in [-0.1, -0.05) is 17.3 Å². The Labute approximate surface area is 105 Å². The van der Waals surface area contributed by atoms with Crippen molar-refractivity contribution in [1.29, 1.82) is 0 Å². The normalized spacial score (nSPS) is 16.7. The highest BCUT2D eigenvalue weighted by Gasteiger charge is 2.50. The van der Waals surface area contributed by atoms with Crippen molar-refractivity contribution in [2.75, 3.05) is 12.3 Å². The third-order valence-corrected chi connectivity index (χ3v) is 3.43. The first-order valence-electron chi connectivity index (χ1n) is 6.04. The van der Waals surface area contributed by atoms with Crippen LogP contribution in [0.25, 0.3) is 0 Å². The number of rotatable bonds is 4. The van der Waals surface area contributed by atoms with E-state index in [-0.39, 0.29) is 12.0 Å². The van der Waals surface area contributed by atoms with Gasteiger partial charge in [0.05, 0.1) is 12.0 Å². The van der Waals surface area contributed by atoms with E-state index in [1.165, 1.54) is 0 Å². The van der Waals surface area contributed by atoms with Crippen molar-refractivity contribution in [3.63, 3.8) is 0 Å². The summed E-state index contributed by atoms with van der Waals surface area (Å²) in [6.07, 6.45) is 2.46. The van der Waals surface area contributed by atoms with Crippen LogP contribution in [0.15, 0.2) is 28.8 Å². The monoisotopic (exact) mass is 245 g/mol. The lowest BCUT2D eigenvalue weighted by atomic mass is 9.96. The molecule has 1 aromatic heterocycles. The summed E-state index contributed by atoms with van der Waals surface area (Å²) in [6.45, 7) is 0.0356. The highest BCUT2D eigenvalue weighted by Crippen LogP contribution is 2.52. The van der Waals surface area contributed by atoms with Gasteiger partial charge in [0.25, 0.3) is 0 Å². The topological polar surface area (TPSA) is 85.2 Å². The number of benzene rings is 1. The van der Waals surface area contributed by atoms with E-state index >= 15 is 0 Å². The average molecular weight is 245 g/mol. The quantitative estimate of drug-likeness (QED) is 0.792. The first kappa shape index (κ1) is 11.2. The Kier molecular flexibility index (Phi) is 2.56. The van der Waals surface area contributed by atoms with Crippen LogP contribution < -0.4 is 5.73 Å². The predicted octanol–water partition coefficient (Wildman–Crippen LogP) is 1.27. The highest BCUT2D eigenvalue weighted by atomic mass is 16.5. The number of aliphatic hydroxyl groups is 1. The van der Waals surface area contributed by atoms with Crippen molar-refractivity contribution >= 4 is 5.69 Å². The molecule has 0 aliphatic heterocycles. The van der Waals surface area contributed by atoms with Crippen molar-refractivity contribution in [1.82, 2.24) is 10.1 Å². The van der Waals surface area contributed by atoms with Crippen LogP contribution in [0, 0.1) is 0 Å². The second-order valence-electron chi connectivity index (χ2n) is 4.69. The molecule has 0 amide bonds. The van der Waals surface area contributed by atoms with Crippen LogP contribution in [0.1, 0.15) is 30.1 Å². The van der Waals surface area contributed by atoms with Gasteiger partial charge < -0.3 is 15.4 Å². The molecule has 0 spiro atoms. The molecule has 0 unspecified atom stereocenters. The van der Waals surface area contributed by atoms with Crippen molar-refractivity contribution in [3.05, 3.63) is 41.5 Å². The molecule has 94 valence electrons. The molecule has 1 aliphatic rings. The minimum Gasteiger partial charge on any atom is -0.399 e.